The minimum absolute atomic E-state index is 0.0106. The number of rotatable bonds is 6. The molecule has 1 aromatic carbocycles. The van der Waals surface area contributed by atoms with E-state index in [1.54, 1.807) is 23.1 Å². The molecule has 0 aromatic heterocycles. The van der Waals surface area contributed by atoms with Crippen LogP contribution in [0.15, 0.2) is 29.4 Å². The van der Waals surface area contributed by atoms with Crippen LogP contribution in [0.4, 0.5) is 4.39 Å². The smallest absolute Gasteiger partial charge is 0.227 e. The highest BCUT2D eigenvalue weighted by molar-refractivity contribution is 5.82. The average molecular weight is 267 g/mol. The summed E-state index contributed by atoms with van der Waals surface area (Å²) in [5.41, 5.74) is 5.72. The third kappa shape index (κ3) is 4.57. The van der Waals surface area contributed by atoms with Gasteiger partial charge in [0.15, 0.2) is 0 Å². The van der Waals surface area contributed by atoms with Crippen LogP contribution in [-0.2, 0) is 11.2 Å². The molecule has 0 spiro atoms. The number of benzene rings is 1. The van der Waals surface area contributed by atoms with Gasteiger partial charge in [-0.2, -0.15) is 0 Å². The second-order valence-corrected chi connectivity index (χ2v) is 4.08. The van der Waals surface area contributed by atoms with Gasteiger partial charge < -0.3 is 15.8 Å². The van der Waals surface area contributed by atoms with E-state index in [9.17, 15) is 9.18 Å². The molecule has 6 heteroatoms. The lowest BCUT2D eigenvalue weighted by atomic mass is 10.1. The summed E-state index contributed by atoms with van der Waals surface area (Å²) in [4.78, 5) is 13.6. The SMILES string of the molecule is CCN(CCC(N)=NO)C(=O)Cc1ccccc1F. The second kappa shape index (κ2) is 7.35. The Morgan fingerprint density at radius 3 is 2.74 bits per heavy atom. The van der Waals surface area contributed by atoms with Gasteiger partial charge in [0.1, 0.15) is 11.7 Å². The van der Waals surface area contributed by atoms with Crippen LogP contribution in [0.2, 0.25) is 0 Å². The van der Waals surface area contributed by atoms with Gasteiger partial charge in [0.05, 0.1) is 6.42 Å². The normalized spacial score (nSPS) is 11.4. The summed E-state index contributed by atoms with van der Waals surface area (Å²) < 4.78 is 13.4. The first-order valence-electron chi connectivity index (χ1n) is 6.06. The number of nitrogens with zero attached hydrogens (tertiary/aromatic N) is 2. The highest BCUT2D eigenvalue weighted by atomic mass is 19.1. The Morgan fingerprint density at radius 1 is 1.47 bits per heavy atom. The molecule has 0 saturated heterocycles. The number of oxime groups is 1. The summed E-state index contributed by atoms with van der Waals surface area (Å²) in [7, 11) is 0. The molecule has 0 fully saturated rings. The fourth-order valence-electron chi connectivity index (χ4n) is 1.68. The lowest BCUT2D eigenvalue weighted by Gasteiger charge is -2.20. The van der Waals surface area contributed by atoms with Crippen LogP contribution in [0.25, 0.3) is 0 Å². The number of hydrogen-bond donors (Lipinski definition) is 2. The zero-order chi connectivity index (χ0) is 14.3. The van der Waals surface area contributed by atoms with E-state index >= 15 is 0 Å². The molecule has 0 aliphatic heterocycles. The molecule has 0 heterocycles. The second-order valence-electron chi connectivity index (χ2n) is 4.08. The van der Waals surface area contributed by atoms with E-state index in [-0.39, 0.29) is 30.4 Å². The van der Waals surface area contributed by atoms with Crippen LogP contribution in [0.1, 0.15) is 18.9 Å². The first-order chi connectivity index (χ1) is 9.08. The molecule has 3 N–H and O–H groups in total. The van der Waals surface area contributed by atoms with Crippen molar-refractivity contribution in [3.8, 4) is 0 Å². The zero-order valence-corrected chi connectivity index (χ0v) is 10.8. The number of carbonyl (C=O) groups is 1. The molecular formula is C13H18FN3O2. The van der Waals surface area contributed by atoms with Gasteiger partial charge in [-0.1, -0.05) is 23.4 Å². The third-order valence-electron chi connectivity index (χ3n) is 2.80. The number of carbonyl (C=O) groups excluding carboxylic acids is 1. The summed E-state index contributed by atoms with van der Waals surface area (Å²) in [5.74, 6) is -0.501. The molecule has 0 unspecified atom stereocenters. The highest BCUT2D eigenvalue weighted by Gasteiger charge is 2.14. The van der Waals surface area contributed by atoms with Gasteiger partial charge in [-0.3, -0.25) is 4.79 Å². The molecule has 1 aromatic rings. The van der Waals surface area contributed by atoms with E-state index in [1.807, 2.05) is 6.92 Å². The molecule has 0 radical (unpaired) electrons. The van der Waals surface area contributed by atoms with Gasteiger partial charge >= 0.3 is 0 Å². The molecule has 0 aliphatic carbocycles. The van der Waals surface area contributed by atoms with Gasteiger partial charge in [0.25, 0.3) is 0 Å². The van der Waals surface area contributed by atoms with Crippen molar-refractivity contribution in [3.63, 3.8) is 0 Å². The minimum atomic E-state index is -0.386. The van der Waals surface area contributed by atoms with E-state index in [1.165, 1.54) is 6.07 Å². The summed E-state index contributed by atoms with van der Waals surface area (Å²) in [6, 6.07) is 6.19. The number of halogens is 1. The van der Waals surface area contributed by atoms with Crippen molar-refractivity contribution in [2.75, 3.05) is 13.1 Å². The molecule has 0 bridgehead atoms. The Labute approximate surface area is 111 Å². The van der Waals surface area contributed by atoms with Crippen LogP contribution in [0.5, 0.6) is 0 Å². The minimum Gasteiger partial charge on any atom is -0.409 e. The topological polar surface area (TPSA) is 78.9 Å². The van der Waals surface area contributed by atoms with Gasteiger partial charge in [-0.25, -0.2) is 4.39 Å². The molecule has 1 rings (SSSR count). The van der Waals surface area contributed by atoms with Gasteiger partial charge in [-0.15, -0.1) is 0 Å². The predicted molar refractivity (Wildman–Crippen MR) is 70.4 cm³/mol. The molecule has 104 valence electrons. The summed E-state index contributed by atoms with van der Waals surface area (Å²) in [5, 5.41) is 11.3. The number of amides is 1. The van der Waals surface area contributed by atoms with Crippen LogP contribution in [0, 0.1) is 5.82 Å². The Balaban J connectivity index is 2.62. The summed E-state index contributed by atoms with van der Waals surface area (Å²) in [6.45, 7) is 2.66. The van der Waals surface area contributed by atoms with Crippen LogP contribution < -0.4 is 5.73 Å². The van der Waals surface area contributed by atoms with Crippen molar-refractivity contribution in [3.05, 3.63) is 35.6 Å². The summed E-state index contributed by atoms with van der Waals surface area (Å²) >= 11 is 0. The monoisotopic (exact) mass is 267 g/mol. The number of nitrogens with two attached hydrogens (primary N) is 1. The average Bonchev–Trinajstić information content (AvgIpc) is 2.41. The van der Waals surface area contributed by atoms with Crippen molar-refractivity contribution >= 4 is 11.7 Å². The van der Waals surface area contributed by atoms with Crippen molar-refractivity contribution in [1.82, 2.24) is 4.90 Å². The van der Waals surface area contributed by atoms with Gasteiger partial charge in [0.2, 0.25) is 5.91 Å². The number of hydrogen-bond acceptors (Lipinski definition) is 3. The molecular weight excluding hydrogens is 249 g/mol. The molecule has 0 saturated carbocycles. The van der Waals surface area contributed by atoms with Gasteiger partial charge in [-0.05, 0) is 18.6 Å². The maximum Gasteiger partial charge on any atom is 0.227 e. The van der Waals surface area contributed by atoms with E-state index in [4.69, 9.17) is 10.9 Å². The maximum absolute atomic E-state index is 13.4. The van der Waals surface area contributed by atoms with Gasteiger partial charge in [0, 0.05) is 19.5 Å². The van der Waals surface area contributed by atoms with E-state index in [2.05, 4.69) is 5.16 Å². The molecule has 19 heavy (non-hydrogen) atoms. The lowest BCUT2D eigenvalue weighted by molar-refractivity contribution is -0.130. The molecule has 1 amide bonds. The third-order valence-corrected chi connectivity index (χ3v) is 2.80. The van der Waals surface area contributed by atoms with Crippen molar-refractivity contribution in [2.45, 2.75) is 19.8 Å². The molecule has 5 nitrogen and oxygen atoms in total. The fraction of sp³-hybridized carbons (Fsp3) is 0.385. The largest absolute Gasteiger partial charge is 0.409 e. The first kappa shape index (κ1) is 14.9. The Morgan fingerprint density at radius 2 is 2.16 bits per heavy atom. The van der Waals surface area contributed by atoms with Crippen LogP contribution >= 0.6 is 0 Å². The first-order valence-corrected chi connectivity index (χ1v) is 6.06. The van der Waals surface area contributed by atoms with E-state index in [0.717, 1.165) is 0 Å². The Bertz CT molecular complexity index is 463. The number of amidine groups is 1. The highest BCUT2D eigenvalue weighted by Crippen LogP contribution is 2.09. The van der Waals surface area contributed by atoms with Crippen molar-refractivity contribution < 1.29 is 14.4 Å². The quantitative estimate of drug-likeness (QED) is 0.353. The number of likely N-dealkylation sites (N-methyl/N-ethyl adjacent to an activating group) is 1. The Kier molecular flexibility index (Phi) is 5.78. The fourth-order valence-corrected chi connectivity index (χ4v) is 1.68. The zero-order valence-electron chi connectivity index (χ0n) is 10.8. The molecule has 0 atom stereocenters. The molecule has 0 aliphatic rings. The predicted octanol–water partition coefficient (Wildman–Crippen LogP) is 1.35. The van der Waals surface area contributed by atoms with E-state index in [0.29, 0.717) is 18.7 Å². The van der Waals surface area contributed by atoms with Crippen molar-refractivity contribution in [1.29, 1.82) is 0 Å². The van der Waals surface area contributed by atoms with E-state index < -0.39 is 0 Å². The van der Waals surface area contributed by atoms with Crippen molar-refractivity contribution in [2.24, 2.45) is 10.9 Å². The maximum atomic E-state index is 13.4. The van der Waals surface area contributed by atoms with Crippen LogP contribution in [0.3, 0.4) is 0 Å². The summed E-state index contributed by atoms with van der Waals surface area (Å²) in [6.07, 6.45) is 0.296. The standard InChI is InChI=1S/C13H18FN3O2/c1-2-17(8-7-12(15)16-19)13(18)9-10-5-3-4-6-11(10)14/h3-6,19H,2,7-9H2,1H3,(H2,15,16). The van der Waals surface area contributed by atoms with Crippen LogP contribution in [-0.4, -0.2) is 34.9 Å². The lowest BCUT2D eigenvalue weighted by Crippen LogP contribution is -2.35. The Hall–Kier alpha value is -2.11.